The molecular formula is C15H12ClF4N3O2S. The fourth-order valence-electron chi connectivity index (χ4n) is 1.91. The predicted molar refractivity (Wildman–Crippen MR) is 90.7 cm³/mol. The van der Waals surface area contributed by atoms with Gasteiger partial charge in [-0.15, -0.1) is 0 Å². The lowest BCUT2D eigenvalue weighted by Crippen LogP contribution is -2.16. The predicted octanol–water partition coefficient (Wildman–Crippen LogP) is 4.50. The van der Waals surface area contributed by atoms with Crippen molar-refractivity contribution in [1.29, 1.82) is 0 Å². The number of anilines is 1. The van der Waals surface area contributed by atoms with E-state index < -0.39 is 43.8 Å². The second kappa shape index (κ2) is 7.20. The minimum absolute atomic E-state index is 0.0729. The van der Waals surface area contributed by atoms with Crippen LogP contribution in [-0.2, 0) is 15.9 Å². The third-order valence-corrected chi connectivity index (χ3v) is 3.86. The molecule has 0 aliphatic heterocycles. The third kappa shape index (κ3) is 5.15. The molecule has 0 aliphatic rings. The summed E-state index contributed by atoms with van der Waals surface area (Å²) in [6, 6.07) is 3.40. The van der Waals surface area contributed by atoms with Crippen LogP contribution in [0.25, 0.3) is 0 Å². The van der Waals surface area contributed by atoms with Gasteiger partial charge in [0.1, 0.15) is 5.82 Å². The summed E-state index contributed by atoms with van der Waals surface area (Å²) in [5.74, 6) is -2.31. The number of carbonyl (C=O) groups is 1. The molecule has 0 radical (unpaired) electrons. The van der Waals surface area contributed by atoms with Gasteiger partial charge >= 0.3 is 6.18 Å². The number of hydrogen-bond acceptors (Lipinski definition) is 4. The van der Waals surface area contributed by atoms with E-state index in [9.17, 15) is 26.6 Å². The Kier molecular flexibility index (Phi) is 5.57. The molecule has 26 heavy (non-hydrogen) atoms. The number of carbonyl (C=O) groups excluding carboxylic acids is 1. The molecule has 1 aromatic heterocycles. The lowest BCUT2D eigenvalue weighted by atomic mass is 10.1. The monoisotopic (exact) mass is 409 g/mol. The van der Waals surface area contributed by atoms with Crippen molar-refractivity contribution in [3.05, 3.63) is 52.4 Å². The Labute approximate surface area is 151 Å². The first kappa shape index (κ1) is 20.1. The van der Waals surface area contributed by atoms with E-state index in [0.29, 0.717) is 6.07 Å². The molecule has 140 valence electrons. The number of amides is 1. The summed E-state index contributed by atoms with van der Waals surface area (Å²) < 4.78 is 67.5. The van der Waals surface area contributed by atoms with Gasteiger partial charge in [0.25, 0.3) is 5.91 Å². The zero-order chi connectivity index (χ0) is 19.7. The first-order valence-electron chi connectivity index (χ1n) is 6.87. The smallest absolute Gasteiger partial charge is 0.322 e. The highest BCUT2D eigenvalue weighted by Gasteiger charge is 2.34. The van der Waals surface area contributed by atoms with Crippen molar-refractivity contribution in [2.24, 2.45) is 4.36 Å². The number of pyridine rings is 1. The Morgan fingerprint density at radius 2 is 1.92 bits per heavy atom. The fraction of sp³-hybridized carbons (Fsp3) is 0.200. The molecule has 1 amide bonds. The van der Waals surface area contributed by atoms with Crippen LogP contribution in [0, 0.1) is 5.82 Å². The Morgan fingerprint density at radius 1 is 1.27 bits per heavy atom. The van der Waals surface area contributed by atoms with Crippen LogP contribution >= 0.6 is 11.6 Å². The second-order valence-corrected chi connectivity index (χ2v) is 8.39. The van der Waals surface area contributed by atoms with Gasteiger partial charge in [-0.05, 0) is 18.2 Å². The normalized spacial score (nSPS) is 12.0. The summed E-state index contributed by atoms with van der Waals surface area (Å²) in [7, 11) is -2.49. The SMILES string of the molecule is CS(C)(=O)=Nc1cc(NC(=O)c2cc(Cl)c(C(F)(F)F)cc2F)ccn1. The van der Waals surface area contributed by atoms with Crippen LogP contribution in [0.4, 0.5) is 29.1 Å². The van der Waals surface area contributed by atoms with Gasteiger partial charge in [0.05, 0.1) is 16.1 Å². The first-order valence-corrected chi connectivity index (χ1v) is 9.58. The Balaban J connectivity index is 2.33. The standard InChI is InChI=1S/C15H12ClF4N3O2S/c1-26(2,25)23-13-5-8(3-4-21-13)22-14(24)9-6-11(16)10(7-12(9)17)15(18,19)20/h3-7H,1-2H3,(H,21,22,24). The average Bonchev–Trinajstić information content (AvgIpc) is 2.46. The zero-order valence-electron chi connectivity index (χ0n) is 13.4. The van der Waals surface area contributed by atoms with Gasteiger partial charge in [-0.1, -0.05) is 11.6 Å². The molecule has 11 heteroatoms. The molecule has 0 aliphatic carbocycles. The second-order valence-electron chi connectivity index (χ2n) is 5.44. The maximum atomic E-state index is 13.9. The molecule has 0 saturated heterocycles. The van der Waals surface area contributed by atoms with Gasteiger partial charge < -0.3 is 5.32 Å². The number of halogens is 5. The Hall–Kier alpha value is -2.20. The van der Waals surface area contributed by atoms with Crippen molar-refractivity contribution in [2.45, 2.75) is 6.18 Å². The maximum absolute atomic E-state index is 13.9. The van der Waals surface area contributed by atoms with E-state index in [2.05, 4.69) is 14.7 Å². The van der Waals surface area contributed by atoms with E-state index in [0.717, 1.165) is 0 Å². The first-order chi connectivity index (χ1) is 11.9. The molecule has 0 spiro atoms. The summed E-state index contributed by atoms with van der Waals surface area (Å²) in [6.45, 7) is 0. The average molecular weight is 410 g/mol. The summed E-state index contributed by atoms with van der Waals surface area (Å²) in [5, 5.41) is 1.50. The molecule has 2 aromatic rings. The zero-order valence-corrected chi connectivity index (χ0v) is 15.0. The van der Waals surface area contributed by atoms with Crippen molar-refractivity contribution >= 4 is 38.7 Å². The molecule has 5 nitrogen and oxygen atoms in total. The summed E-state index contributed by atoms with van der Waals surface area (Å²) in [6.07, 6.45) is -0.795. The highest BCUT2D eigenvalue weighted by Crippen LogP contribution is 2.36. The van der Waals surface area contributed by atoms with Crippen LogP contribution in [0.5, 0.6) is 0 Å². The van der Waals surface area contributed by atoms with E-state index in [-0.39, 0.29) is 17.6 Å². The maximum Gasteiger partial charge on any atom is 0.417 e. The van der Waals surface area contributed by atoms with Crippen LogP contribution < -0.4 is 5.32 Å². The molecule has 1 N–H and O–H groups in total. The van der Waals surface area contributed by atoms with Gasteiger partial charge in [0.2, 0.25) is 0 Å². The molecule has 0 atom stereocenters. The van der Waals surface area contributed by atoms with E-state index in [1.165, 1.54) is 30.8 Å². The summed E-state index contributed by atoms with van der Waals surface area (Å²) >= 11 is 5.51. The number of nitrogens with zero attached hydrogens (tertiary/aromatic N) is 2. The highest BCUT2D eigenvalue weighted by molar-refractivity contribution is 7.92. The van der Waals surface area contributed by atoms with Crippen LogP contribution in [0.1, 0.15) is 15.9 Å². The molecule has 0 saturated carbocycles. The lowest BCUT2D eigenvalue weighted by Gasteiger charge is -2.12. The quantitative estimate of drug-likeness (QED) is 0.758. The largest absolute Gasteiger partial charge is 0.417 e. The Morgan fingerprint density at radius 3 is 2.50 bits per heavy atom. The van der Waals surface area contributed by atoms with Gasteiger partial charge in [-0.3, -0.25) is 4.79 Å². The Bertz CT molecular complexity index is 977. The summed E-state index contributed by atoms with van der Waals surface area (Å²) in [4.78, 5) is 16.0. The number of benzene rings is 1. The molecule has 0 bridgehead atoms. The molecular weight excluding hydrogens is 398 g/mol. The van der Waals surface area contributed by atoms with E-state index in [1.807, 2.05) is 0 Å². The van der Waals surface area contributed by atoms with Crippen LogP contribution in [0.2, 0.25) is 5.02 Å². The molecule has 2 rings (SSSR count). The van der Waals surface area contributed by atoms with Gasteiger partial charge in [0.15, 0.2) is 5.82 Å². The van der Waals surface area contributed by atoms with Crippen LogP contribution in [-0.4, -0.2) is 27.6 Å². The van der Waals surface area contributed by atoms with Gasteiger partial charge in [-0.2, -0.15) is 17.5 Å². The van der Waals surface area contributed by atoms with E-state index in [4.69, 9.17) is 11.6 Å². The number of hydrogen-bond donors (Lipinski definition) is 1. The summed E-state index contributed by atoms with van der Waals surface area (Å²) in [5.41, 5.74) is -1.89. The fourth-order valence-corrected chi connectivity index (χ4v) is 2.73. The number of nitrogens with one attached hydrogen (secondary N) is 1. The highest BCUT2D eigenvalue weighted by atomic mass is 35.5. The minimum atomic E-state index is -4.85. The number of rotatable bonds is 3. The van der Waals surface area contributed by atoms with Crippen molar-refractivity contribution in [2.75, 3.05) is 17.8 Å². The van der Waals surface area contributed by atoms with Crippen LogP contribution in [0.15, 0.2) is 34.8 Å². The van der Waals surface area contributed by atoms with E-state index >= 15 is 0 Å². The number of aromatic nitrogens is 1. The van der Waals surface area contributed by atoms with Crippen LogP contribution in [0.3, 0.4) is 0 Å². The van der Waals surface area contributed by atoms with E-state index in [1.54, 1.807) is 0 Å². The van der Waals surface area contributed by atoms with Crippen molar-refractivity contribution in [3.63, 3.8) is 0 Å². The van der Waals surface area contributed by atoms with Gasteiger partial charge in [-0.25, -0.2) is 13.6 Å². The molecule has 1 aromatic carbocycles. The third-order valence-electron chi connectivity index (χ3n) is 2.92. The lowest BCUT2D eigenvalue weighted by molar-refractivity contribution is -0.137. The van der Waals surface area contributed by atoms with Crippen molar-refractivity contribution in [3.8, 4) is 0 Å². The van der Waals surface area contributed by atoms with Gasteiger partial charge in [0, 0.05) is 40.2 Å². The minimum Gasteiger partial charge on any atom is -0.322 e. The van der Waals surface area contributed by atoms with Crippen molar-refractivity contribution < 1.29 is 26.6 Å². The topological polar surface area (TPSA) is 71.4 Å². The molecule has 0 fully saturated rings. The molecule has 0 unspecified atom stereocenters. The van der Waals surface area contributed by atoms with Crippen molar-refractivity contribution in [1.82, 2.24) is 4.98 Å². The number of alkyl halides is 3. The molecule has 1 heterocycles.